The third-order valence-electron chi connectivity index (χ3n) is 2.45. The minimum atomic E-state index is -0.436. The Morgan fingerprint density at radius 1 is 1.39 bits per heavy atom. The van der Waals surface area contributed by atoms with Crippen molar-refractivity contribution in [1.82, 2.24) is 0 Å². The molecule has 18 heavy (non-hydrogen) atoms. The molecule has 1 aromatic carbocycles. The Kier molecular flexibility index (Phi) is 3.67. The zero-order chi connectivity index (χ0) is 13.1. The normalized spacial score (nSPS) is 10.4. The average Bonchev–Trinajstić information content (AvgIpc) is 2.82. The van der Waals surface area contributed by atoms with Gasteiger partial charge in [0.1, 0.15) is 11.6 Å². The van der Waals surface area contributed by atoms with Gasteiger partial charge in [0.25, 0.3) is 5.91 Å². The Balaban J connectivity index is 2.13. The van der Waals surface area contributed by atoms with E-state index in [1.807, 2.05) is 0 Å². The van der Waals surface area contributed by atoms with Gasteiger partial charge in [-0.1, -0.05) is 6.07 Å². The summed E-state index contributed by atoms with van der Waals surface area (Å²) in [6.07, 6.45) is 0. The molecule has 2 aromatic rings. The molecule has 94 valence electrons. The highest BCUT2D eigenvalue weighted by atomic mass is 35.5. The summed E-state index contributed by atoms with van der Waals surface area (Å²) in [5.74, 6) is 0.0544. The number of alkyl halides is 1. The Bertz CT molecular complexity index is 580. The van der Waals surface area contributed by atoms with E-state index in [2.05, 4.69) is 5.32 Å². The number of nitrogens with one attached hydrogen (secondary N) is 1. The van der Waals surface area contributed by atoms with E-state index in [1.165, 1.54) is 12.1 Å². The van der Waals surface area contributed by atoms with Crippen molar-refractivity contribution in [2.45, 2.75) is 12.8 Å². The van der Waals surface area contributed by atoms with Crippen LogP contribution in [0.5, 0.6) is 0 Å². The van der Waals surface area contributed by atoms with Gasteiger partial charge in [-0.25, -0.2) is 4.39 Å². The second-order valence-corrected chi connectivity index (χ2v) is 4.08. The van der Waals surface area contributed by atoms with Crippen LogP contribution >= 0.6 is 11.6 Å². The molecule has 0 atom stereocenters. The number of hydrogen-bond acceptors (Lipinski definition) is 2. The SMILES string of the molecule is Cc1ccc(NC(=O)c2ccc(CCl)o2)cc1F. The van der Waals surface area contributed by atoms with E-state index in [0.717, 1.165) is 0 Å². The molecule has 3 nitrogen and oxygen atoms in total. The second-order valence-electron chi connectivity index (χ2n) is 3.82. The average molecular weight is 268 g/mol. The van der Waals surface area contributed by atoms with Crippen molar-refractivity contribution in [2.75, 3.05) is 5.32 Å². The van der Waals surface area contributed by atoms with Crippen LogP contribution in [-0.2, 0) is 5.88 Å². The lowest BCUT2D eigenvalue weighted by Gasteiger charge is -2.04. The summed E-state index contributed by atoms with van der Waals surface area (Å²) in [7, 11) is 0. The van der Waals surface area contributed by atoms with Crippen LogP contribution < -0.4 is 5.32 Å². The topological polar surface area (TPSA) is 42.2 Å². The van der Waals surface area contributed by atoms with Gasteiger partial charge < -0.3 is 9.73 Å². The number of furan rings is 1. The summed E-state index contributed by atoms with van der Waals surface area (Å²) in [6.45, 7) is 1.65. The first-order chi connectivity index (χ1) is 8.60. The lowest BCUT2D eigenvalue weighted by molar-refractivity contribution is 0.0995. The number of benzene rings is 1. The fourth-order valence-electron chi connectivity index (χ4n) is 1.44. The van der Waals surface area contributed by atoms with Gasteiger partial charge in [0.2, 0.25) is 0 Å². The quantitative estimate of drug-likeness (QED) is 0.861. The molecule has 0 aliphatic heterocycles. The first-order valence-electron chi connectivity index (χ1n) is 5.32. The zero-order valence-corrected chi connectivity index (χ0v) is 10.4. The lowest BCUT2D eigenvalue weighted by Crippen LogP contribution is -2.11. The number of hydrogen-bond donors (Lipinski definition) is 1. The number of anilines is 1. The molecule has 0 unspecified atom stereocenters. The van der Waals surface area contributed by atoms with Crippen molar-refractivity contribution in [3.05, 3.63) is 53.2 Å². The minimum Gasteiger partial charge on any atom is -0.455 e. The number of halogens is 2. The van der Waals surface area contributed by atoms with Crippen molar-refractivity contribution in [3.8, 4) is 0 Å². The van der Waals surface area contributed by atoms with E-state index in [4.69, 9.17) is 16.0 Å². The van der Waals surface area contributed by atoms with E-state index in [9.17, 15) is 9.18 Å². The predicted octanol–water partition coefficient (Wildman–Crippen LogP) is 3.72. The van der Waals surface area contributed by atoms with E-state index in [0.29, 0.717) is 17.0 Å². The second kappa shape index (κ2) is 5.23. The van der Waals surface area contributed by atoms with Crippen LogP contribution in [-0.4, -0.2) is 5.91 Å². The van der Waals surface area contributed by atoms with Crippen LogP contribution in [0.1, 0.15) is 21.9 Å². The first kappa shape index (κ1) is 12.6. The fourth-order valence-corrected chi connectivity index (χ4v) is 1.58. The maximum absolute atomic E-state index is 13.3. The van der Waals surface area contributed by atoms with Gasteiger partial charge in [0.15, 0.2) is 5.76 Å². The highest BCUT2D eigenvalue weighted by molar-refractivity contribution is 6.16. The maximum Gasteiger partial charge on any atom is 0.291 e. The van der Waals surface area contributed by atoms with Gasteiger partial charge in [0.05, 0.1) is 5.88 Å². The third-order valence-corrected chi connectivity index (χ3v) is 2.71. The molecule has 2 rings (SSSR count). The van der Waals surface area contributed by atoms with Crippen LogP contribution in [0.25, 0.3) is 0 Å². The molecule has 0 saturated carbocycles. The predicted molar refractivity (Wildman–Crippen MR) is 67.4 cm³/mol. The van der Waals surface area contributed by atoms with E-state index in [1.54, 1.807) is 25.1 Å². The van der Waals surface area contributed by atoms with Crippen LogP contribution in [0.2, 0.25) is 0 Å². The third kappa shape index (κ3) is 2.71. The Morgan fingerprint density at radius 3 is 2.78 bits per heavy atom. The summed E-state index contributed by atoms with van der Waals surface area (Å²) in [5.41, 5.74) is 0.905. The molecule has 1 aromatic heterocycles. The summed E-state index contributed by atoms with van der Waals surface area (Å²) in [6, 6.07) is 7.63. The van der Waals surface area contributed by atoms with Crippen molar-refractivity contribution >= 4 is 23.2 Å². The summed E-state index contributed by atoms with van der Waals surface area (Å²) in [5, 5.41) is 2.55. The number of carbonyl (C=O) groups is 1. The van der Waals surface area contributed by atoms with E-state index >= 15 is 0 Å². The van der Waals surface area contributed by atoms with Crippen LogP contribution in [0.15, 0.2) is 34.7 Å². The molecule has 0 aliphatic carbocycles. The van der Waals surface area contributed by atoms with Crippen LogP contribution in [0, 0.1) is 12.7 Å². The van der Waals surface area contributed by atoms with Gasteiger partial charge in [-0.05, 0) is 36.8 Å². The molecule has 0 saturated heterocycles. The Morgan fingerprint density at radius 2 is 2.17 bits per heavy atom. The molecular formula is C13H11ClFNO2. The smallest absolute Gasteiger partial charge is 0.291 e. The van der Waals surface area contributed by atoms with Gasteiger partial charge in [-0.3, -0.25) is 4.79 Å². The van der Waals surface area contributed by atoms with E-state index < -0.39 is 5.91 Å². The van der Waals surface area contributed by atoms with Crippen molar-refractivity contribution in [2.24, 2.45) is 0 Å². The fraction of sp³-hybridized carbons (Fsp3) is 0.154. The molecule has 0 spiro atoms. The number of carbonyl (C=O) groups excluding carboxylic acids is 1. The summed E-state index contributed by atoms with van der Waals surface area (Å²) in [4.78, 5) is 11.8. The molecule has 0 bridgehead atoms. The van der Waals surface area contributed by atoms with Gasteiger partial charge in [0, 0.05) is 5.69 Å². The molecule has 1 N–H and O–H groups in total. The monoisotopic (exact) mass is 267 g/mol. The largest absolute Gasteiger partial charge is 0.455 e. The van der Waals surface area contributed by atoms with E-state index in [-0.39, 0.29) is 17.5 Å². The number of rotatable bonds is 3. The standard InChI is InChI=1S/C13H11ClFNO2/c1-8-2-3-9(6-11(8)15)16-13(17)12-5-4-10(7-14)18-12/h2-6H,7H2,1H3,(H,16,17). The van der Waals surface area contributed by atoms with Gasteiger partial charge in [-0.2, -0.15) is 0 Å². The van der Waals surface area contributed by atoms with Crippen molar-refractivity contribution in [3.63, 3.8) is 0 Å². The Labute approximate surface area is 109 Å². The number of amides is 1. The Hall–Kier alpha value is -1.81. The van der Waals surface area contributed by atoms with Crippen molar-refractivity contribution < 1.29 is 13.6 Å². The van der Waals surface area contributed by atoms with Gasteiger partial charge in [-0.15, -0.1) is 11.6 Å². The lowest BCUT2D eigenvalue weighted by atomic mass is 10.2. The summed E-state index contributed by atoms with van der Waals surface area (Å²) < 4.78 is 18.5. The first-order valence-corrected chi connectivity index (χ1v) is 5.86. The van der Waals surface area contributed by atoms with Gasteiger partial charge >= 0.3 is 0 Å². The van der Waals surface area contributed by atoms with Crippen molar-refractivity contribution in [1.29, 1.82) is 0 Å². The molecular weight excluding hydrogens is 257 g/mol. The minimum absolute atomic E-state index is 0.145. The van der Waals surface area contributed by atoms with Crippen LogP contribution in [0.4, 0.5) is 10.1 Å². The maximum atomic E-state index is 13.3. The van der Waals surface area contributed by atoms with Crippen LogP contribution in [0.3, 0.4) is 0 Å². The molecule has 0 radical (unpaired) electrons. The highest BCUT2D eigenvalue weighted by Crippen LogP contribution is 2.16. The summed E-state index contributed by atoms with van der Waals surface area (Å²) >= 11 is 5.57. The molecule has 0 fully saturated rings. The molecule has 1 amide bonds. The molecule has 0 aliphatic rings. The molecule has 1 heterocycles. The number of aryl methyl sites for hydroxylation is 1. The highest BCUT2D eigenvalue weighted by Gasteiger charge is 2.11. The zero-order valence-electron chi connectivity index (χ0n) is 9.67. The molecule has 5 heteroatoms.